The number of esters is 1. The van der Waals surface area contributed by atoms with Crippen LogP contribution in [-0.4, -0.2) is 39.9 Å². The van der Waals surface area contributed by atoms with Crippen molar-refractivity contribution in [2.75, 3.05) is 27.9 Å². The van der Waals surface area contributed by atoms with Gasteiger partial charge in [0.1, 0.15) is 0 Å². The second-order valence-corrected chi connectivity index (χ2v) is 6.39. The van der Waals surface area contributed by atoms with Crippen LogP contribution in [0, 0.1) is 5.92 Å². The van der Waals surface area contributed by atoms with Crippen LogP contribution in [-0.2, 0) is 23.7 Å². The highest BCUT2D eigenvalue weighted by Crippen LogP contribution is 2.32. The van der Waals surface area contributed by atoms with Crippen molar-refractivity contribution < 1.29 is 23.7 Å². The molecule has 0 saturated carbocycles. The largest absolute Gasteiger partial charge is 0.463 e. The van der Waals surface area contributed by atoms with Crippen molar-refractivity contribution in [2.45, 2.75) is 70.7 Å². The summed E-state index contributed by atoms with van der Waals surface area (Å²) in [5, 5.41) is 1.37. The van der Waals surface area contributed by atoms with E-state index >= 15 is 0 Å². The van der Waals surface area contributed by atoms with Gasteiger partial charge >= 0.3 is 5.97 Å². The zero-order valence-electron chi connectivity index (χ0n) is 16.3. The Labute approximate surface area is 158 Å². The molecule has 5 nitrogen and oxygen atoms in total. The number of carbonyl (C=O) groups excluding carboxylic acids is 1. The first-order valence-electron chi connectivity index (χ1n) is 9.23. The van der Waals surface area contributed by atoms with Crippen LogP contribution in [0.2, 0.25) is 0 Å². The summed E-state index contributed by atoms with van der Waals surface area (Å²) in [6.45, 7) is 2.58. The number of ether oxygens (including phenoxy) is 4. The average molecular weight is 377 g/mol. The lowest BCUT2D eigenvalue weighted by Crippen LogP contribution is -2.44. The monoisotopic (exact) mass is 376 g/mol. The maximum Gasteiger partial charge on any atom is 0.331 e. The molecule has 0 amide bonds. The molecule has 1 unspecified atom stereocenters. The maximum atomic E-state index is 11.3. The smallest absolute Gasteiger partial charge is 0.331 e. The minimum atomic E-state index is -1.04. The third-order valence-corrected chi connectivity index (χ3v) is 4.56. The van der Waals surface area contributed by atoms with Gasteiger partial charge in [-0.3, -0.25) is 0 Å². The van der Waals surface area contributed by atoms with Gasteiger partial charge in [0.2, 0.25) is 0 Å². The molecule has 0 N–H and O–H groups in total. The van der Waals surface area contributed by atoms with Gasteiger partial charge in [0.15, 0.2) is 0 Å². The Balaban J connectivity index is 4.45. The predicted octanol–water partition coefficient (Wildman–Crippen LogP) is 4.71. The lowest BCUT2D eigenvalue weighted by molar-refractivity contribution is -0.380. The zero-order valence-corrected chi connectivity index (χ0v) is 17.2. The Hall–Kier alpha value is -0.560. The fourth-order valence-corrected chi connectivity index (χ4v) is 3.15. The standard InChI is InChI=1S/C19H36O5S/c1-5-6-7-8-9-10-12-17(19(21-2,22-3)23-4)13-11-15-24-18(20)14-16-25/h14,16-17,25H,5-13,15H2,1-4H3. The molecule has 148 valence electrons. The zero-order chi connectivity index (χ0) is 19.0. The van der Waals surface area contributed by atoms with Gasteiger partial charge in [-0.25, -0.2) is 4.79 Å². The van der Waals surface area contributed by atoms with Gasteiger partial charge in [0, 0.05) is 33.3 Å². The van der Waals surface area contributed by atoms with Crippen molar-refractivity contribution in [3.8, 4) is 0 Å². The Bertz CT molecular complexity index is 347. The van der Waals surface area contributed by atoms with Gasteiger partial charge < -0.3 is 18.9 Å². The number of hydrogen-bond acceptors (Lipinski definition) is 6. The second kappa shape index (κ2) is 15.7. The summed E-state index contributed by atoms with van der Waals surface area (Å²) in [6, 6.07) is 0. The van der Waals surface area contributed by atoms with Crippen molar-refractivity contribution in [1.29, 1.82) is 0 Å². The van der Waals surface area contributed by atoms with Crippen molar-refractivity contribution in [3.05, 3.63) is 11.5 Å². The summed E-state index contributed by atoms with van der Waals surface area (Å²) < 4.78 is 21.7. The molecule has 0 aliphatic heterocycles. The summed E-state index contributed by atoms with van der Waals surface area (Å²) in [5.74, 6) is -1.34. The Morgan fingerprint density at radius 1 is 0.960 bits per heavy atom. The minimum absolute atomic E-state index is 0.0813. The third kappa shape index (κ3) is 10.2. The van der Waals surface area contributed by atoms with Gasteiger partial charge in [-0.1, -0.05) is 45.4 Å². The Morgan fingerprint density at radius 2 is 1.52 bits per heavy atom. The summed E-state index contributed by atoms with van der Waals surface area (Å²) in [6.07, 6.45) is 11.2. The highest BCUT2D eigenvalue weighted by Gasteiger charge is 2.39. The number of hydrogen-bond donors (Lipinski definition) is 1. The molecule has 0 spiro atoms. The van der Waals surface area contributed by atoms with Crippen LogP contribution in [0.15, 0.2) is 11.5 Å². The molecular formula is C19H36O5S. The molecule has 0 radical (unpaired) electrons. The minimum Gasteiger partial charge on any atom is -0.463 e. The molecule has 0 aromatic carbocycles. The molecule has 0 heterocycles. The van der Waals surface area contributed by atoms with E-state index in [1.807, 2.05) is 0 Å². The van der Waals surface area contributed by atoms with E-state index < -0.39 is 5.97 Å². The predicted molar refractivity (Wildman–Crippen MR) is 104 cm³/mol. The van der Waals surface area contributed by atoms with E-state index in [-0.39, 0.29) is 11.9 Å². The van der Waals surface area contributed by atoms with Crippen LogP contribution >= 0.6 is 12.6 Å². The molecule has 1 atom stereocenters. The third-order valence-electron chi connectivity index (χ3n) is 4.41. The van der Waals surface area contributed by atoms with Crippen molar-refractivity contribution in [1.82, 2.24) is 0 Å². The highest BCUT2D eigenvalue weighted by molar-refractivity contribution is 7.83. The average Bonchev–Trinajstić information content (AvgIpc) is 2.62. The number of rotatable bonds is 16. The first-order valence-corrected chi connectivity index (χ1v) is 9.74. The molecule has 0 aromatic rings. The Kier molecular flexibility index (Phi) is 15.3. The van der Waals surface area contributed by atoms with E-state index in [0.29, 0.717) is 6.61 Å². The van der Waals surface area contributed by atoms with E-state index in [1.165, 1.54) is 43.6 Å². The van der Waals surface area contributed by atoms with E-state index in [4.69, 9.17) is 18.9 Å². The quantitative estimate of drug-likeness (QED) is 0.139. The normalized spacial score (nSPS) is 13.3. The molecule has 0 saturated heterocycles. The van der Waals surface area contributed by atoms with Gasteiger partial charge in [0.25, 0.3) is 5.97 Å². The van der Waals surface area contributed by atoms with Crippen LogP contribution in [0.4, 0.5) is 0 Å². The topological polar surface area (TPSA) is 54.0 Å². The number of carbonyl (C=O) groups is 1. The number of methoxy groups -OCH3 is 3. The van der Waals surface area contributed by atoms with Crippen LogP contribution < -0.4 is 0 Å². The first kappa shape index (κ1) is 24.4. The fraction of sp³-hybridized carbons (Fsp3) is 0.842. The van der Waals surface area contributed by atoms with E-state index in [0.717, 1.165) is 25.7 Å². The van der Waals surface area contributed by atoms with Crippen LogP contribution in [0.25, 0.3) is 0 Å². The summed E-state index contributed by atoms with van der Waals surface area (Å²) in [4.78, 5) is 11.3. The van der Waals surface area contributed by atoms with E-state index in [2.05, 4.69) is 19.6 Å². The van der Waals surface area contributed by atoms with E-state index in [9.17, 15) is 4.79 Å². The summed E-state index contributed by atoms with van der Waals surface area (Å²) in [5.41, 5.74) is 0. The van der Waals surface area contributed by atoms with Gasteiger partial charge in [-0.15, -0.1) is 0 Å². The molecular weight excluding hydrogens is 340 g/mol. The molecule has 0 aliphatic rings. The summed E-state index contributed by atoms with van der Waals surface area (Å²) in [7, 11) is 4.79. The Morgan fingerprint density at radius 3 is 2.08 bits per heavy atom. The molecule has 0 fully saturated rings. The number of unbranched alkanes of at least 4 members (excludes halogenated alkanes) is 5. The molecule has 0 aromatic heterocycles. The van der Waals surface area contributed by atoms with Gasteiger partial charge in [-0.2, -0.15) is 12.6 Å². The second-order valence-electron chi connectivity index (χ2n) is 6.09. The fourth-order valence-electron chi connectivity index (χ4n) is 3.03. The van der Waals surface area contributed by atoms with Crippen molar-refractivity contribution in [2.24, 2.45) is 5.92 Å². The molecule has 25 heavy (non-hydrogen) atoms. The number of thiol groups is 1. The molecule has 0 aliphatic carbocycles. The SMILES string of the molecule is CCCCCCCCC(CCCOC(=O)C=CS)C(OC)(OC)OC. The summed E-state index contributed by atoms with van der Waals surface area (Å²) >= 11 is 3.85. The van der Waals surface area contributed by atoms with E-state index in [1.54, 1.807) is 21.3 Å². The van der Waals surface area contributed by atoms with Crippen molar-refractivity contribution in [3.63, 3.8) is 0 Å². The van der Waals surface area contributed by atoms with Crippen LogP contribution in [0.3, 0.4) is 0 Å². The first-order chi connectivity index (χ1) is 12.1. The van der Waals surface area contributed by atoms with Gasteiger partial charge in [-0.05, 0) is 24.7 Å². The highest BCUT2D eigenvalue weighted by atomic mass is 32.1. The maximum absolute atomic E-state index is 11.3. The lowest BCUT2D eigenvalue weighted by Gasteiger charge is -2.36. The van der Waals surface area contributed by atoms with Crippen LogP contribution in [0.5, 0.6) is 0 Å². The van der Waals surface area contributed by atoms with Crippen molar-refractivity contribution >= 4 is 18.6 Å². The lowest BCUT2D eigenvalue weighted by atomic mass is 9.93. The molecule has 0 rings (SSSR count). The molecule has 6 heteroatoms. The van der Waals surface area contributed by atoms with Gasteiger partial charge in [0.05, 0.1) is 6.61 Å². The molecule has 0 bridgehead atoms. The van der Waals surface area contributed by atoms with Crippen LogP contribution in [0.1, 0.15) is 64.7 Å².